The van der Waals surface area contributed by atoms with Crippen molar-refractivity contribution in [3.8, 4) is 5.75 Å². The minimum Gasteiger partial charge on any atom is -0.435 e. The number of amides is 1. The van der Waals surface area contributed by atoms with Gasteiger partial charge in [0.15, 0.2) is 0 Å². The van der Waals surface area contributed by atoms with Crippen molar-refractivity contribution in [3.63, 3.8) is 0 Å². The van der Waals surface area contributed by atoms with E-state index < -0.39 is 6.61 Å². The molecule has 1 amide bonds. The van der Waals surface area contributed by atoms with Crippen LogP contribution in [0.15, 0.2) is 48.5 Å². The van der Waals surface area contributed by atoms with Gasteiger partial charge in [-0.05, 0) is 60.7 Å². The third-order valence-electron chi connectivity index (χ3n) is 4.52. The molecule has 2 aromatic rings. The van der Waals surface area contributed by atoms with Crippen LogP contribution < -0.4 is 15.4 Å². The Morgan fingerprint density at radius 1 is 1.23 bits per heavy atom. The van der Waals surface area contributed by atoms with Crippen LogP contribution in [0.1, 0.15) is 40.2 Å². The van der Waals surface area contributed by atoms with Crippen molar-refractivity contribution in [1.29, 1.82) is 0 Å². The molecular weight excluding hydrogens is 338 g/mol. The molecule has 2 aromatic carbocycles. The second-order valence-electron chi connectivity index (χ2n) is 6.37. The van der Waals surface area contributed by atoms with Crippen LogP contribution in [0.5, 0.6) is 5.75 Å². The first kappa shape index (κ1) is 18.3. The number of halogens is 2. The lowest BCUT2D eigenvalue weighted by Crippen LogP contribution is -2.28. The summed E-state index contributed by atoms with van der Waals surface area (Å²) in [7, 11) is 0. The second kappa shape index (κ2) is 8.76. The molecule has 1 atom stereocenters. The summed E-state index contributed by atoms with van der Waals surface area (Å²) >= 11 is 0. The Hall–Kier alpha value is -2.47. The van der Waals surface area contributed by atoms with E-state index in [9.17, 15) is 13.6 Å². The van der Waals surface area contributed by atoms with Crippen LogP contribution in [0, 0.1) is 0 Å². The molecule has 0 saturated carbocycles. The molecule has 1 saturated heterocycles. The van der Waals surface area contributed by atoms with Crippen molar-refractivity contribution in [3.05, 3.63) is 65.2 Å². The molecule has 3 rings (SSSR count). The minimum atomic E-state index is -2.86. The van der Waals surface area contributed by atoms with Gasteiger partial charge in [0.05, 0.1) is 0 Å². The predicted octanol–water partition coefficient (Wildman–Crippen LogP) is 3.69. The van der Waals surface area contributed by atoms with E-state index in [0.717, 1.165) is 19.5 Å². The van der Waals surface area contributed by atoms with Gasteiger partial charge >= 0.3 is 6.61 Å². The van der Waals surface area contributed by atoms with Crippen LogP contribution in [0.3, 0.4) is 0 Å². The first-order valence-corrected chi connectivity index (χ1v) is 8.74. The van der Waals surface area contributed by atoms with Crippen molar-refractivity contribution in [1.82, 2.24) is 10.6 Å². The van der Waals surface area contributed by atoms with Crippen LogP contribution in [0.2, 0.25) is 0 Å². The van der Waals surface area contributed by atoms with Gasteiger partial charge in [-0.1, -0.05) is 24.3 Å². The SMILES string of the molecule is O=C(NCc1cccc(OC(F)F)c1)c1ccc([C@H]2CCCNC2)cc1. The third-order valence-corrected chi connectivity index (χ3v) is 4.52. The molecule has 0 unspecified atom stereocenters. The summed E-state index contributed by atoms with van der Waals surface area (Å²) in [6.07, 6.45) is 2.33. The van der Waals surface area contributed by atoms with Crippen molar-refractivity contribution >= 4 is 5.91 Å². The minimum absolute atomic E-state index is 0.0807. The van der Waals surface area contributed by atoms with Crippen LogP contribution in [0.25, 0.3) is 0 Å². The van der Waals surface area contributed by atoms with Crippen LogP contribution in [-0.2, 0) is 6.54 Å². The summed E-state index contributed by atoms with van der Waals surface area (Å²) in [4.78, 5) is 12.3. The number of ether oxygens (including phenoxy) is 1. The molecule has 0 spiro atoms. The average Bonchev–Trinajstić information content (AvgIpc) is 2.67. The van der Waals surface area contributed by atoms with Crippen LogP contribution in [0.4, 0.5) is 8.78 Å². The maximum absolute atomic E-state index is 12.3. The average molecular weight is 360 g/mol. The molecule has 0 radical (unpaired) electrons. The highest BCUT2D eigenvalue weighted by molar-refractivity contribution is 5.94. The molecule has 6 heteroatoms. The molecule has 1 fully saturated rings. The molecule has 0 aromatic heterocycles. The molecule has 26 heavy (non-hydrogen) atoms. The Kier molecular flexibility index (Phi) is 6.17. The van der Waals surface area contributed by atoms with E-state index in [1.54, 1.807) is 12.1 Å². The third kappa shape index (κ3) is 5.02. The fourth-order valence-corrected chi connectivity index (χ4v) is 3.16. The summed E-state index contributed by atoms with van der Waals surface area (Å²) < 4.78 is 28.9. The maximum atomic E-state index is 12.3. The van der Waals surface area contributed by atoms with E-state index in [4.69, 9.17) is 0 Å². The number of benzene rings is 2. The lowest BCUT2D eigenvalue weighted by Gasteiger charge is -2.23. The zero-order valence-electron chi connectivity index (χ0n) is 14.4. The lowest BCUT2D eigenvalue weighted by atomic mass is 9.91. The first-order chi connectivity index (χ1) is 12.6. The van der Waals surface area contributed by atoms with E-state index in [0.29, 0.717) is 17.0 Å². The molecule has 1 aliphatic rings. The normalized spacial score (nSPS) is 17.1. The Bertz CT molecular complexity index is 729. The van der Waals surface area contributed by atoms with Crippen LogP contribution in [-0.4, -0.2) is 25.6 Å². The molecule has 1 heterocycles. The van der Waals surface area contributed by atoms with E-state index >= 15 is 0 Å². The van der Waals surface area contributed by atoms with Crippen molar-refractivity contribution in [2.75, 3.05) is 13.1 Å². The van der Waals surface area contributed by atoms with Crippen molar-refractivity contribution in [2.45, 2.75) is 31.9 Å². The monoisotopic (exact) mass is 360 g/mol. The number of nitrogens with one attached hydrogen (secondary N) is 2. The van der Waals surface area contributed by atoms with Gasteiger partial charge in [0.25, 0.3) is 5.91 Å². The van der Waals surface area contributed by atoms with Gasteiger partial charge in [-0.25, -0.2) is 0 Å². The van der Waals surface area contributed by atoms with Gasteiger partial charge in [-0.15, -0.1) is 0 Å². The van der Waals surface area contributed by atoms with Gasteiger partial charge in [0.1, 0.15) is 5.75 Å². The zero-order valence-corrected chi connectivity index (χ0v) is 14.4. The number of carbonyl (C=O) groups excluding carboxylic acids is 1. The van der Waals surface area contributed by atoms with Gasteiger partial charge in [0.2, 0.25) is 0 Å². The summed E-state index contributed by atoms with van der Waals surface area (Å²) in [5, 5.41) is 6.19. The maximum Gasteiger partial charge on any atom is 0.387 e. The Morgan fingerprint density at radius 3 is 2.73 bits per heavy atom. The van der Waals surface area contributed by atoms with E-state index in [1.165, 1.54) is 24.1 Å². The van der Waals surface area contributed by atoms with Gasteiger partial charge in [-0.2, -0.15) is 8.78 Å². The fraction of sp³-hybridized carbons (Fsp3) is 0.350. The summed E-state index contributed by atoms with van der Waals surface area (Å²) in [6, 6.07) is 14.0. The fourth-order valence-electron chi connectivity index (χ4n) is 3.16. The van der Waals surface area contributed by atoms with Gasteiger partial charge in [0, 0.05) is 18.7 Å². The highest BCUT2D eigenvalue weighted by Crippen LogP contribution is 2.23. The topological polar surface area (TPSA) is 50.4 Å². The highest BCUT2D eigenvalue weighted by atomic mass is 19.3. The number of rotatable bonds is 6. The first-order valence-electron chi connectivity index (χ1n) is 8.74. The van der Waals surface area contributed by atoms with Gasteiger partial charge < -0.3 is 15.4 Å². The Labute approximate surface area is 151 Å². The number of alkyl halides is 2. The molecular formula is C20H22F2N2O2. The van der Waals surface area contributed by atoms with Crippen LogP contribution >= 0.6 is 0 Å². The summed E-state index contributed by atoms with van der Waals surface area (Å²) in [6.45, 7) is -0.575. The van der Waals surface area contributed by atoms with E-state index in [-0.39, 0.29) is 18.2 Å². The largest absolute Gasteiger partial charge is 0.435 e. The molecule has 2 N–H and O–H groups in total. The zero-order chi connectivity index (χ0) is 18.4. The highest BCUT2D eigenvalue weighted by Gasteiger charge is 2.15. The lowest BCUT2D eigenvalue weighted by molar-refractivity contribution is -0.0498. The number of hydrogen-bond acceptors (Lipinski definition) is 3. The Balaban J connectivity index is 1.56. The molecule has 1 aliphatic heterocycles. The number of hydrogen-bond donors (Lipinski definition) is 2. The predicted molar refractivity (Wildman–Crippen MR) is 95.5 cm³/mol. The second-order valence-corrected chi connectivity index (χ2v) is 6.37. The summed E-state index contributed by atoms with van der Waals surface area (Å²) in [5.41, 5.74) is 2.52. The van der Waals surface area contributed by atoms with Gasteiger partial charge in [-0.3, -0.25) is 4.79 Å². The molecule has 138 valence electrons. The number of piperidine rings is 1. The van der Waals surface area contributed by atoms with E-state index in [2.05, 4.69) is 15.4 Å². The van der Waals surface area contributed by atoms with Crippen molar-refractivity contribution in [2.24, 2.45) is 0 Å². The summed E-state index contributed by atoms with van der Waals surface area (Å²) in [5.74, 6) is 0.383. The van der Waals surface area contributed by atoms with Crippen molar-refractivity contribution < 1.29 is 18.3 Å². The molecule has 0 bridgehead atoms. The quantitative estimate of drug-likeness (QED) is 0.826. The number of carbonyl (C=O) groups is 1. The molecule has 0 aliphatic carbocycles. The standard InChI is InChI=1S/C20H22F2N2O2/c21-20(22)26-18-5-1-3-14(11-18)12-24-19(25)16-8-6-15(7-9-16)17-4-2-10-23-13-17/h1,3,5-9,11,17,20,23H,2,4,10,12-13H2,(H,24,25)/t17-/m0/s1. The van der Waals surface area contributed by atoms with E-state index in [1.807, 2.05) is 24.3 Å². The molecule has 4 nitrogen and oxygen atoms in total. The smallest absolute Gasteiger partial charge is 0.387 e. The Morgan fingerprint density at radius 2 is 2.04 bits per heavy atom.